The topological polar surface area (TPSA) is 64.6 Å². The Balaban J connectivity index is 1.40. The van der Waals surface area contributed by atoms with Crippen LogP contribution in [0.4, 0.5) is 5.69 Å². The van der Waals surface area contributed by atoms with Crippen LogP contribution >= 0.6 is 22.9 Å². The number of carbonyl (C=O) groups is 2. The van der Waals surface area contributed by atoms with Crippen molar-refractivity contribution >= 4 is 50.6 Å². The van der Waals surface area contributed by atoms with E-state index in [1.807, 2.05) is 54.6 Å². The van der Waals surface area contributed by atoms with E-state index in [0.717, 1.165) is 10.1 Å². The average molecular weight is 438 g/mol. The van der Waals surface area contributed by atoms with Crippen LogP contribution in [-0.2, 0) is 9.53 Å². The Bertz CT molecular complexity index is 1210. The normalized spacial score (nSPS) is 10.6. The van der Waals surface area contributed by atoms with Crippen molar-refractivity contribution in [3.63, 3.8) is 0 Å². The molecular formula is C23H16ClNO4S. The van der Waals surface area contributed by atoms with E-state index < -0.39 is 18.5 Å². The summed E-state index contributed by atoms with van der Waals surface area (Å²) in [6, 6.07) is 23.7. The second kappa shape index (κ2) is 8.98. The number of thiophene rings is 1. The Morgan fingerprint density at radius 2 is 1.60 bits per heavy atom. The molecule has 4 aromatic rings. The molecule has 1 N–H and O–H groups in total. The first-order valence-corrected chi connectivity index (χ1v) is 10.3. The summed E-state index contributed by atoms with van der Waals surface area (Å²) in [5.41, 5.74) is 0.474. The number of benzene rings is 3. The predicted octanol–water partition coefficient (Wildman–Crippen LogP) is 6.14. The molecule has 0 aliphatic heterocycles. The van der Waals surface area contributed by atoms with Crippen molar-refractivity contribution in [2.75, 3.05) is 11.9 Å². The molecule has 0 bridgehead atoms. The lowest BCUT2D eigenvalue weighted by atomic mass is 10.2. The molecule has 0 spiro atoms. The Morgan fingerprint density at radius 1 is 0.900 bits per heavy atom. The molecule has 4 rings (SSSR count). The maximum atomic E-state index is 12.4. The quantitative estimate of drug-likeness (QED) is 0.368. The average Bonchev–Trinajstić information content (AvgIpc) is 3.11. The SMILES string of the molecule is O=C(COC(=O)c1sc2ccccc2c1Cl)Nc1ccccc1Oc1ccccc1. The molecule has 0 aliphatic rings. The van der Waals surface area contributed by atoms with Gasteiger partial charge in [0, 0.05) is 10.1 Å². The molecule has 0 saturated heterocycles. The third-order valence-electron chi connectivity index (χ3n) is 4.19. The number of rotatable bonds is 6. The van der Waals surface area contributed by atoms with Crippen molar-refractivity contribution in [2.24, 2.45) is 0 Å². The van der Waals surface area contributed by atoms with Crippen LogP contribution in [0.3, 0.4) is 0 Å². The summed E-state index contributed by atoms with van der Waals surface area (Å²) in [6.07, 6.45) is 0. The maximum Gasteiger partial charge on any atom is 0.350 e. The van der Waals surface area contributed by atoms with Gasteiger partial charge in [-0.1, -0.05) is 60.1 Å². The molecule has 150 valence electrons. The monoisotopic (exact) mass is 437 g/mol. The zero-order valence-corrected chi connectivity index (χ0v) is 17.2. The zero-order chi connectivity index (χ0) is 20.9. The summed E-state index contributed by atoms with van der Waals surface area (Å²) >= 11 is 7.52. The predicted molar refractivity (Wildman–Crippen MR) is 119 cm³/mol. The fourth-order valence-electron chi connectivity index (χ4n) is 2.80. The summed E-state index contributed by atoms with van der Waals surface area (Å²) in [6.45, 7) is -0.441. The van der Waals surface area contributed by atoms with Crippen LogP contribution in [0.25, 0.3) is 10.1 Å². The van der Waals surface area contributed by atoms with Gasteiger partial charge >= 0.3 is 5.97 Å². The van der Waals surface area contributed by atoms with Gasteiger partial charge in [-0.05, 0) is 30.3 Å². The molecule has 30 heavy (non-hydrogen) atoms. The van der Waals surface area contributed by atoms with Gasteiger partial charge in [0.05, 0.1) is 10.7 Å². The number of fused-ring (bicyclic) bond motifs is 1. The van der Waals surface area contributed by atoms with Crippen LogP contribution in [0.1, 0.15) is 9.67 Å². The fraction of sp³-hybridized carbons (Fsp3) is 0.0435. The van der Waals surface area contributed by atoms with Gasteiger partial charge in [0.1, 0.15) is 10.6 Å². The van der Waals surface area contributed by atoms with E-state index in [-0.39, 0.29) is 4.88 Å². The minimum Gasteiger partial charge on any atom is -0.455 e. The zero-order valence-electron chi connectivity index (χ0n) is 15.6. The molecule has 0 fully saturated rings. The second-order valence-corrected chi connectivity index (χ2v) is 7.71. The Kier molecular flexibility index (Phi) is 5.97. The molecule has 1 aromatic heterocycles. The van der Waals surface area contributed by atoms with Crippen LogP contribution in [-0.4, -0.2) is 18.5 Å². The third-order valence-corrected chi connectivity index (χ3v) is 5.84. The van der Waals surface area contributed by atoms with E-state index in [1.165, 1.54) is 11.3 Å². The number of hydrogen-bond acceptors (Lipinski definition) is 5. The van der Waals surface area contributed by atoms with Gasteiger partial charge in [0.2, 0.25) is 0 Å². The number of esters is 1. The van der Waals surface area contributed by atoms with Gasteiger partial charge in [0.25, 0.3) is 5.91 Å². The smallest absolute Gasteiger partial charge is 0.350 e. The summed E-state index contributed by atoms with van der Waals surface area (Å²) in [4.78, 5) is 25.0. The Hall–Kier alpha value is -3.35. The Labute approximate surface area is 181 Å². The van der Waals surface area contributed by atoms with E-state index >= 15 is 0 Å². The van der Waals surface area contributed by atoms with Crippen LogP contribution < -0.4 is 10.1 Å². The molecule has 1 heterocycles. The lowest BCUT2D eigenvalue weighted by Gasteiger charge is -2.12. The number of para-hydroxylation sites is 3. The summed E-state index contributed by atoms with van der Waals surface area (Å²) < 4.78 is 11.9. The van der Waals surface area contributed by atoms with Gasteiger partial charge in [0.15, 0.2) is 12.4 Å². The molecule has 0 unspecified atom stereocenters. The lowest BCUT2D eigenvalue weighted by Crippen LogP contribution is -2.21. The Morgan fingerprint density at radius 3 is 2.40 bits per heavy atom. The highest BCUT2D eigenvalue weighted by atomic mass is 35.5. The first-order valence-electron chi connectivity index (χ1n) is 9.08. The van der Waals surface area contributed by atoms with Gasteiger partial charge < -0.3 is 14.8 Å². The number of nitrogens with one attached hydrogen (secondary N) is 1. The number of amides is 1. The van der Waals surface area contributed by atoms with Gasteiger partial charge in [-0.3, -0.25) is 4.79 Å². The molecule has 3 aromatic carbocycles. The van der Waals surface area contributed by atoms with E-state index in [4.69, 9.17) is 21.1 Å². The van der Waals surface area contributed by atoms with Gasteiger partial charge in [-0.2, -0.15) is 0 Å². The third kappa shape index (κ3) is 4.45. The van der Waals surface area contributed by atoms with Crippen LogP contribution in [0.15, 0.2) is 78.9 Å². The highest BCUT2D eigenvalue weighted by Crippen LogP contribution is 2.35. The summed E-state index contributed by atoms with van der Waals surface area (Å²) in [7, 11) is 0. The van der Waals surface area contributed by atoms with Crippen LogP contribution in [0, 0.1) is 0 Å². The number of anilines is 1. The lowest BCUT2D eigenvalue weighted by molar-refractivity contribution is -0.119. The summed E-state index contributed by atoms with van der Waals surface area (Å²) in [5, 5.41) is 3.83. The molecule has 7 heteroatoms. The number of halogens is 1. The first-order chi connectivity index (χ1) is 14.6. The van der Waals surface area contributed by atoms with Crippen molar-refractivity contribution in [1.29, 1.82) is 0 Å². The fourth-order valence-corrected chi connectivity index (χ4v) is 4.20. The second-order valence-electron chi connectivity index (χ2n) is 6.28. The molecule has 0 saturated carbocycles. The van der Waals surface area contributed by atoms with E-state index in [2.05, 4.69) is 5.32 Å². The van der Waals surface area contributed by atoms with Gasteiger partial charge in [-0.25, -0.2) is 4.79 Å². The van der Waals surface area contributed by atoms with E-state index in [0.29, 0.717) is 22.2 Å². The molecule has 1 amide bonds. The molecule has 0 aliphatic carbocycles. The van der Waals surface area contributed by atoms with Gasteiger partial charge in [-0.15, -0.1) is 11.3 Å². The highest BCUT2D eigenvalue weighted by molar-refractivity contribution is 7.21. The van der Waals surface area contributed by atoms with Crippen molar-refractivity contribution < 1.29 is 19.1 Å². The van der Waals surface area contributed by atoms with Crippen LogP contribution in [0.5, 0.6) is 11.5 Å². The van der Waals surface area contributed by atoms with Crippen molar-refractivity contribution in [3.05, 3.63) is 88.8 Å². The van der Waals surface area contributed by atoms with Crippen molar-refractivity contribution in [1.82, 2.24) is 0 Å². The first kappa shape index (κ1) is 19.9. The van der Waals surface area contributed by atoms with Crippen molar-refractivity contribution in [3.8, 4) is 11.5 Å². The van der Waals surface area contributed by atoms with Crippen molar-refractivity contribution in [2.45, 2.75) is 0 Å². The highest BCUT2D eigenvalue weighted by Gasteiger charge is 2.19. The minimum absolute atomic E-state index is 0.276. The minimum atomic E-state index is -0.634. The van der Waals surface area contributed by atoms with E-state index in [9.17, 15) is 9.59 Å². The molecule has 0 atom stereocenters. The standard InChI is InChI=1S/C23H16ClNO4S/c24-21-16-10-4-7-13-19(16)30-22(21)23(27)28-14-20(26)25-17-11-5-6-12-18(17)29-15-8-2-1-3-9-15/h1-13H,14H2,(H,25,26). The largest absolute Gasteiger partial charge is 0.455 e. The molecule has 5 nitrogen and oxygen atoms in total. The summed E-state index contributed by atoms with van der Waals surface area (Å²) in [5.74, 6) is 0.0100. The molecular weight excluding hydrogens is 422 g/mol. The van der Waals surface area contributed by atoms with Crippen LogP contribution in [0.2, 0.25) is 5.02 Å². The number of carbonyl (C=O) groups excluding carboxylic acids is 2. The molecule has 0 radical (unpaired) electrons. The number of ether oxygens (including phenoxy) is 2. The van der Waals surface area contributed by atoms with E-state index in [1.54, 1.807) is 24.3 Å². The number of hydrogen-bond donors (Lipinski definition) is 1. The maximum absolute atomic E-state index is 12.4.